The second-order valence-corrected chi connectivity index (χ2v) is 6.27. The monoisotopic (exact) mass is 296 g/mol. The summed E-state index contributed by atoms with van der Waals surface area (Å²) in [4.78, 5) is 0. The van der Waals surface area contributed by atoms with Crippen LogP contribution in [0.1, 0.15) is 110 Å². The first-order chi connectivity index (χ1) is 10.4. The molecule has 0 aliphatic rings. The van der Waals surface area contributed by atoms with Crippen molar-refractivity contribution in [2.45, 2.75) is 110 Å². The Morgan fingerprint density at radius 2 is 1.05 bits per heavy atom. The van der Waals surface area contributed by atoms with Crippen LogP contribution in [0.25, 0.3) is 0 Å². The Balaban J connectivity index is 2.98. The van der Waals surface area contributed by atoms with Gasteiger partial charge in [-0.15, -0.1) is 0 Å². The highest BCUT2D eigenvalue weighted by Gasteiger charge is 1.93. The quantitative estimate of drug-likeness (QED) is 0.200. The van der Waals surface area contributed by atoms with Gasteiger partial charge in [0.15, 0.2) is 0 Å². The van der Waals surface area contributed by atoms with Crippen LogP contribution >= 0.6 is 0 Å². The van der Waals surface area contributed by atoms with Crippen molar-refractivity contribution in [3.8, 4) is 0 Å². The number of ether oxygens (including phenoxy) is 1. The summed E-state index contributed by atoms with van der Waals surface area (Å²) >= 11 is 0. The molecule has 0 spiro atoms. The second-order valence-electron chi connectivity index (χ2n) is 6.27. The summed E-state index contributed by atoms with van der Waals surface area (Å²) in [6.07, 6.45) is 24.9. The van der Waals surface area contributed by atoms with E-state index in [9.17, 15) is 0 Å². The standard InChI is InChI=1S/C20H40O/c1-3-5-6-7-8-9-10-11-12-13-14-15-16-17-18-20-21-19-4-2/h18,20H,3-17,19H2,1-2H3. The van der Waals surface area contributed by atoms with E-state index >= 15 is 0 Å². The van der Waals surface area contributed by atoms with Gasteiger partial charge >= 0.3 is 0 Å². The van der Waals surface area contributed by atoms with Crippen LogP contribution in [0.4, 0.5) is 0 Å². The van der Waals surface area contributed by atoms with E-state index in [-0.39, 0.29) is 0 Å². The summed E-state index contributed by atoms with van der Waals surface area (Å²) in [5.41, 5.74) is 0. The Bertz CT molecular complexity index is 198. The number of unbranched alkanes of at least 4 members (excludes halogenated alkanes) is 13. The van der Waals surface area contributed by atoms with Crippen LogP contribution in [0.15, 0.2) is 12.3 Å². The van der Waals surface area contributed by atoms with Gasteiger partial charge in [-0.05, 0) is 25.3 Å². The predicted octanol–water partition coefficient (Wildman–Crippen LogP) is 7.41. The second kappa shape index (κ2) is 19.5. The lowest BCUT2D eigenvalue weighted by atomic mass is 10.0. The van der Waals surface area contributed by atoms with E-state index < -0.39 is 0 Å². The predicted molar refractivity (Wildman–Crippen MR) is 95.7 cm³/mol. The van der Waals surface area contributed by atoms with Crippen molar-refractivity contribution in [2.75, 3.05) is 6.61 Å². The van der Waals surface area contributed by atoms with E-state index in [1.165, 1.54) is 89.9 Å². The lowest BCUT2D eigenvalue weighted by Gasteiger charge is -2.02. The molecule has 0 fully saturated rings. The molecule has 0 rings (SSSR count). The minimum absolute atomic E-state index is 0.856. The number of hydrogen-bond donors (Lipinski definition) is 0. The first-order valence-corrected chi connectivity index (χ1v) is 9.68. The molecule has 0 aromatic heterocycles. The zero-order valence-electron chi connectivity index (χ0n) is 14.9. The van der Waals surface area contributed by atoms with Crippen molar-refractivity contribution < 1.29 is 4.74 Å². The minimum atomic E-state index is 0.856. The Morgan fingerprint density at radius 3 is 1.52 bits per heavy atom. The summed E-state index contributed by atoms with van der Waals surface area (Å²) in [6.45, 7) is 5.28. The number of hydrogen-bond acceptors (Lipinski definition) is 1. The minimum Gasteiger partial charge on any atom is -0.502 e. The maximum atomic E-state index is 5.32. The summed E-state index contributed by atoms with van der Waals surface area (Å²) in [6, 6.07) is 0. The van der Waals surface area contributed by atoms with Crippen molar-refractivity contribution in [1.82, 2.24) is 0 Å². The molecule has 0 saturated carbocycles. The lowest BCUT2D eigenvalue weighted by molar-refractivity contribution is 0.248. The van der Waals surface area contributed by atoms with E-state index in [1.54, 1.807) is 0 Å². The highest BCUT2D eigenvalue weighted by atomic mass is 16.5. The third-order valence-electron chi connectivity index (χ3n) is 3.99. The molecule has 1 nitrogen and oxygen atoms in total. The topological polar surface area (TPSA) is 9.23 Å². The largest absolute Gasteiger partial charge is 0.502 e. The lowest BCUT2D eigenvalue weighted by Crippen LogP contribution is -1.83. The number of rotatable bonds is 17. The molecule has 0 bridgehead atoms. The molecule has 0 N–H and O–H groups in total. The summed E-state index contributed by atoms with van der Waals surface area (Å²) < 4.78 is 5.32. The van der Waals surface area contributed by atoms with E-state index in [0.717, 1.165) is 13.0 Å². The molecule has 0 aliphatic heterocycles. The van der Waals surface area contributed by atoms with Gasteiger partial charge in [-0.25, -0.2) is 0 Å². The average Bonchev–Trinajstić information content (AvgIpc) is 2.50. The van der Waals surface area contributed by atoms with Gasteiger partial charge in [0.2, 0.25) is 0 Å². The van der Waals surface area contributed by atoms with Crippen molar-refractivity contribution in [1.29, 1.82) is 0 Å². The van der Waals surface area contributed by atoms with Crippen LogP contribution in [0, 0.1) is 0 Å². The molecule has 0 aliphatic carbocycles. The van der Waals surface area contributed by atoms with Crippen LogP contribution in [0.5, 0.6) is 0 Å². The molecule has 0 amide bonds. The Labute approximate surface area is 134 Å². The molecular formula is C20H40O. The van der Waals surface area contributed by atoms with Gasteiger partial charge in [0, 0.05) is 0 Å². The van der Waals surface area contributed by atoms with Crippen LogP contribution < -0.4 is 0 Å². The van der Waals surface area contributed by atoms with Crippen LogP contribution in [0.2, 0.25) is 0 Å². The van der Waals surface area contributed by atoms with E-state index in [2.05, 4.69) is 19.9 Å². The van der Waals surface area contributed by atoms with Gasteiger partial charge in [-0.3, -0.25) is 0 Å². The van der Waals surface area contributed by atoms with Gasteiger partial charge < -0.3 is 4.74 Å². The van der Waals surface area contributed by atoms with Crippen LogP contribution in [0.3, 0.4) is 0 Å². The molecular weight excluding hydrogens is 256 g/mol. The zero-order chi connectivity index (χ0) is 15.4. The van der Waals surface area contributed by atoms with Crippen molar-refractivity contribution in [3.63, 3.8) is 0 Å². The fourth-order valence-electron chi connectivity index (χ4n) is 2.60. The highest BCUT2D eigenvalue weighted by molar-refractivity contribution is 4.73. The zero-order valence-corrected chi connectivity index (χ0v) is 14.9. The van der Waals surface area contributed by atoms with Crippen molar-refractivity contribution >= 4 is 0 Å². The van der Waals surface area contributed by atoms with Gasteiger partial charge in [-0.2, -0.15) is 0 Å². The third kappa shape index (κ3) is 19.5. The Morgan fingerprint density at radius 1 is 0.571 bits per heavy atom. The van der Waals surface area contributed by atoms with Crippen molar-refractivity contribution in [2.24, 2.45) is 0 Å². The summed E-state index contributed by atoms with van der Waals surface area (Å²) in [7, 11) is 0. The first kappa shape index (κ1) is 20.5. The maximum absolute atomic E-state index is 5.32. The molecule has 0 atom stereocenters. The molecule has 0 radical (unpaired) electrons. The van der Waals surface area contributed by atoms with E-state index in [1.807, 2.05) is 6.26 Å². The van der Waals surface area contributed by atoms with Gasteiger partial charge in [0.1, 0.15) is 0 Å². The van der Waals surface area contributed by atoms with Crippen molar-refractivity contribution in [3.05, 3.63) is 12.3 Å². The Hall–Kier alpha value is -0.460. The van der Waals surface area contributed by atoms with Gasteiger partial charge in [0.05, 0.1) is 12.9 Å². The summed E-state index contributed by atoms with van der Waals surface area (Å²) in [5.74, 6) is 0. The normalized spacial score (nSPS) is 11.3. The fourth-order valence-corrected chi connectivity index (χ4v) is 2.60. The highest BCUT2D eigenvalue weighted by Crippen LogP contribution is 2.12. The van der Waals surface area contributed by atoms with E-state index in [0.29, 0.717) is 0 Å². The molecule has 0 saturated heterocycles. The Kier molecular flexibility index (Phi) is 19.1. The molecule has 0 heterocycles. The van der Waals surface area contributed by atoms with Crippen LogP contribution in [-0.4, -0.2) is 6.61 Å². The molecule has 1 heteroatoms. The first-order valence-electron chi connectivity index (χ1n) is 9.68. The molecule has 126 valence electrons. The summed E-state index contributed by atoms with van der Waals surface area (Å²) in [5, 5.41) is 0. The molecule has 0 unspecified atom stereocenters. The molecule has 0 aromatic carbocycles. The molecule has 0 aromatic rings. The third-order valence-corrected chi connectivity index (χ3v) is 3.99. The van der Waals surface area contributed by atoms with Crippen LogP contribution in [-0.2, 0) is 4.74 Å². The SMILES string of the molecule is CCCCCCCCCCCCCCCC=COCCC. The maximum Gasteiger partial charge on any atom is 0.0870 e. The van der Waals surface area contributed by atoms with Gasteiger partial charge in [0.25, 0.3) is 0 Å². The molecule has 21 heavy (non-hydrogen) atoms. The average molecular weight is 297 g/mol. The van der Waals surface area contributed by atoms with E-state index in [4.69, 9.17) is 4.74 Å². The van der Waals surface area contributed by atoms with Gasteiger partial charge in [-0.1, -0.05) is 90.9 Å². The number of allylic oxidation sites excluding steroid dienone is 1. The fraction of sp³-hybridized carbons (Fsp3) is 0.900. The smallest absolute Gasteiger partial charge is 0.0870 e.